The van der Waals surface area contributed by atoms with E-state index in [2.05, 4.69) is 9.97 Å². The highest BCUT2D eigenvalue weighted by molar-refractivity contribution is 6.30. The highest BCUT2D eigenvalue weighted by Crippen LogP contribution is 2.26. The van der Waals surface area contributed by atoms with Gasteiger partial charge in [0.25, 0.3) is 5.56 Å². The first kappa shape index (κ1) is 11.0. The van der Waals surface area contributed by atoms with Crippen molar-refractivity contribution < 1.29 is 0 Å². The number of aromatic nitrogens is 2. The Kier molecular flexibility index (Phi) is 2.61. The van der Waals surface area contributed by atoms with E-state index in [1.54, 1.807) is 12.3 Å². The number of halogens is 1. The van der Waals surface area contributed by atoms with Crippen LogP contribution in [-0.2, 0) is 0 Å². The summed E-state index contributed by atoms with van der Waals surface area (Å²) in [5.74, 6) is 0. The molecule has 0 spiro atoms. The number of nitrogens with zero attached hydrogens (tertiary/aromatic N) is 1. The van der Waals surface area contributed by atoms with Gasteiger partial charge in [0.05, 0.1) is 5.39 Å². The van der Waals surface area contributed by atoms with Crippen LogP contribution in [0.2, 0.25) is 5.15 Å². The summed E-state index contributed by atoms with van der Waals surface area (Å²) >= 11 is 5.91. The fraction of sp³-hybridized carbons (Fsp3) is 0. The molecule has 0 aliphatic carbocycles. The van der Waals surface area contributed by atoms with E-state index in [1.807, 2.05) is 30.3 Å². The summed E-state index contributed by atoms with van der Waals surface area (Å²) in [6.45, 7) is 0. The van der Waals surface area contributed by atoms with Gasteiger partial charge in [0.2, 0.25) is 0 Å². The normalized spacial score (nSPS) is 10.7. The SMILES string of the molecule is O=c1[nH]cc(-c2ccccc2)c2cc(Cl)ncc12. The second-order valence-electron chi connectivity index (χ2n) is 3.95. The molecule has 88 valence electrons. The van der Waals surface area contributed by atoms with Gasteiger partial charge in [0.1, 0.15) is 5.15 Å². The molecule has 1 aromatic carbocycles. The molecule has 0 aliphatic rings. The molecule has 0 atom stereocenters. The molecular weight excluding hydrogens is 248 g/mol. The van der Waals surface area contributed by atoms with Crippen molar-refractivity contribution in [2.24, 2.45) is 0 Å². The minimum atomic E-state index is -0.158. The van der Waals surface area contributed by atoms with E-state index in [-0.39, 0.29) is 5.56 Å². The molecule has 3 aromatic rings. The number of aromatic amines is 1. The molecule has 3 rings (SSSR count). The molecule has 1 N–H and O–H groups in total. The Bertz CT molecular complexity index is 766. The third kappa shape index (κ3) is 1.79. The maximum Gasteiger partial charge on any atom is 0.257 e. The van der Waals surface area contributed by atoms with Gasteiger partial charge in [-0.2, -0.15) is 0 Å². The van der Waals surface area contributed by atoms with Crippen LogP contribution in [0.15, 0.2) is 53.6 Å². The number of hydrogen-bond acceptors (Lipinski definition) is 2. The molecule has 0 radical (unpaired) electrons. The van der Waals surface area contributed by atoms with E-state index in [0.29, 0.717) is 10.5 Å². The van der Waals surface area contributed by atoms with Crippen LogP contribution in [0, 0.1) is 0 Å². The van der Waals surface area contributed by atoms with Crippen LogP contribution >= 0.6 is 11.6 Å². The lowest BCUT2D eigenvalue weighted by atomic mass is 10.0. The van der Waals surface area contributed by atoms with Crippen molar-refractivity contribution in [2.75, 3.05) is 0 Å². The third-order valence-electron chi connectivity index (χ3n) is 2.84. The lowest BCUT2D eigenvalue weighted by molar-refractivity contribution is 1.26. The van der Waals surface area contributed by atoms with Gasteiger partial charge in [0, 0.05) is 23.3 Å². The van der Waals surface area contributed by atoms with Crippen LogP contribution in [0.25, 0.3) is 21.9 Å². The molecule has 0 fully saturated rings. The van der Waals surface area contributed by atoms with Gasteiger partial charge < -0.3 is 4.98 Å². The van der Waals surface area contributed by atoms with Crippen LogP contribution in [0.3, 0.4) is 0 Å². The Balaban J connectivity index is 2.41. The highest BCUT2D eigenvalue weighted by Gasteiger charge is 2.07. The zero-order chi connectivity index (χ0) is 12.5. The Morgan fingerprint density at radius 1 is 1.11 bits per heavy atom. The first-order valence-electron chi connectivity index (χ1n) is 5.48. The van der Waals surface area contributed by atoms with Gasteiger partial charge in [-0.25, -0.2) is 4.98 Å². The molecule has 2 heterocycles. The van der Waals surface area contributed by atoms with Crippen LogP contribution < -0.4 is 5.56 Å². The molecule has 18 heavy (non-hydrogen) atoms. The lowest BCUT2D eigenvalue weighted by Crippen LogP contribution is -2.06. The maximum atomic E-state index is 11.7. The van der Waals surface area contributed by atoms with Gasteiger partial charge >= 0.3 is 0 Å². The third-order valence-corrected chi connectivity index (χ3v) is 3.04. The summed E-state index contributed by atoms with van der Waals surface area (Å²) in [5.41, 5.74) is 1.81. The number of H-pyrrole nitrogens is 1. The zero-order valence-electron chi connectivity index (χ0n) is 9.35. The van der Waals surface area contributed by atoms with Crippen molar-refractivity contribution in [3.63, 3.8) is 0 Å². The topological polar surface area (TPSA) is 45.8 Å². The second kappa shape index (κ2) is 4.27. The summed E-state index contributed by atoms with van der Waals surface area (Å²) in [4.78, 5) is 18.4. The van der Waals surface area contributed by atoms with Crippen molar-refractivity contribution >= 4 is 22.4 Å². The van der Waals surface area contributed by atoms with E-state index in [9.17, 15) is 4.79 Å². The van der Waals surface area contributed by atoms with Gasteiger partial charge in [-0.15, -0.1) is 0 Å². The zero-order valence-corrected chi connectivity index (χ0v) is 10.1. The van der Waals surface area contributed by atoms with Crippen molar-refractivity contribution in [2.45, 2.75) is 0 Å². The molecule has 2 aromatic heterocycles. The molecule has 3 nitrogen and oxygen atoms in total. The predicted molar refractivity (Wildman–Crippen MR) is 72.8 cm³/mol. The van der Waals surface area contributed by atoms with Crippen molar-refractivity contribution in [1.29, 1.82) is 0 Å². The summed E-state index contributed by atoms with van der Waals surface area (Å²) < 4.78 is 0. The standard InChI is InChI=1S/C14H9ClN2O/c15-13-6-10-11(9-4-2-1-3-5-9)7-17-14(18)12(10)8-16-13/h1-8H,(H,17,18). The maximum absolute atomic E-state index is 11.7. The highest BCUT2D eigenvalue weighted by atomic mass is 35.5. The molecule has 0 unspecified atom stereocenters. The summed E-state index contributed by atoms with van der Waals surface area (Å²) in [6.07, 6.45) is 3.21. The van der Waals surface area contributed by atoms with E-state index in [0.717, 1.165) is 16.5 Å². The van der Waals surface area contributed by atoms with E-state index < -0.39 is 0 Å². The fourth-order valence-electron chi connectivity index (χ4n) is 1.98. The Labute approximate surface area is 108 Å². The summed E-state index contributed by atoms with van der Waals surface area (Å²) in [5, 5.41) is 1.73. The Hall–Kier alpha value is -2.13. The smallest absolute Gasteiger partial charge is 0.257 e. The van der Waals surface area contributed by atoms with Crippen molar-refractivity contribution in [3.8, 4) is 11.1 Å². The van der Waals surface area contributed by atoms with Crippen LogP contribution in [-0.4, -0.2) is 9.97 Å². The Morgan fingerprint density at radius 2 is 1.89 bits per heavy atom. The van der Waals surface area contributed by atoms with Crippen molar-refractivity contribution in [3.05, 3.63) is 64.3 Å². The Morgan fingerprint density at radius 3 is 2.67 bits per heavy atom. The first-order chi connectivity index (χ1) is 8.75. The molecule has 0 aliphatic heterocycles. The summed E-state index contributed by atoms with van der Waals surface area (Å²) in [6, 6.07) is 11.5. The van der Waals surface area contributed by atoms with Gasteiger partial charge in [-0.1, -0.05) is 41.9 Å². The van der Waals surface area contributed by atoms with Gasteiger partial charge in [-0.05, 0) is 11.6 Å². The average molecular weight is 257 g/mol. The monoisotopic (exact) mass is 256 g/mol. The molecular formula is C14H9ClN2O. The van der Waals surface area contributed by atoms with Gasteiger partial charge in [0.15, 0.2) is 0 Å². The number of fused-ring (bicyclic) bond motifs is 1. The van der Waals surface area contributed by atoms with E-state index in [4.69, 9.17) is 11.6 Å². The van der Waals surface area contributed by atoms with Crippen LogP contribution in [0.5, 0.6) is 0 Å². The largest absolute Gasteiger partial charge is 0.328 e. The minimum Gasteiger partial charge on any atom is -0.328 e. The molecule has 0 amide bonds. The predicted octanol–water partition coefficient (Wildman–Crippen LogP) is 3.24. The fourth-order valence-corrected chi connectivity index (χ4v) is 2.14. The quantitative estimate of drug-likeness (QED) is 0.680. The van der Waals surface area contributed by atoms with Crippen LogP contribution in [0.1, 0.15) is 0 Å². The molecule has 4 heteroatoms. The average Bonchev–Trinajstić information content (AvgIpc) is 2.40. The van der Waals surface area contributed by atoms with Crippen molar-refractivity contribution in [1.82, 2.24) is 9.97 Å². The molecule has 0 bridgehead atoms. The number of nitrogens with one attached hydrogen (secondary N) is 1. The lowest BCUT2D eigenvalue weighted by Gasteiger charge is -2.06. The second-order valence-corrected chi connectivity index (χ2v) is 4.34. The van der Waals surface area contributed by atoms with Crippen LogP contribution in [0.4, 0.5) is 0 Å². The number of pyridine rings is 2. The molecule has 0 saturated heterocycles. The van der Waals surface area contributed by atoms with Gasteiger partial charge in [-0.3, -0.25) is 4.79 Å². The number of hydrogen-bond donors (Lipinski definition) is 1. The van der Waals surface area contributed by atoms with E-state index >= 15 is 0 Å². The summed E-state index contributed by atoms with van der Waals surface area (Å²) in [7, 11) is 0. The number of benzene rings is 1. The minimum absolute atomic E-state index is 0.158. The molecule has 0 saturated carbocycles. The number of rotatable bonds is 1. The first-order valence-corrected chi connectivity index (χ1v) is 5.86. The van der Waals surface area contributed by atoms with E-state index in [1.165, 1.54) is 6.20 Å².